The van der Waals surface area contributed by atoms with Crippen LogP contribution in [0.3, 0.4) is 0 Å². The van der Waals surface area contributed by atoms with Crippen LogP contribution in [0.1, 0.15) is 25.0 Å². The predicted octanol–water partition coefficient (Wildman–Crippen LogP) is 3.97. The maximum absolute atomic E-state index is 13.7. The van der Waals surface area contributed by atoms with E-state index < -0.39 is 28.3 Å². The normalized spacial score (nSPS) is 12.0. The first-order valence-electron chi connectivity index (χ1n) is 6.41. The summed E-state index contributed by atoms with van der Waals surface area (Å²) in [6.45, 7) is 1.85. The molecule has 6 heteroatoms. The van der Waals surface area contributed by atoms with Gasteiger partial charge in [-0.2, -0.15) is 0 Å². The highest BCUT2D eigenvalue weighted by Gasteiger charge is 2.20. The molecule has 0 aromatic heterocycles. The number of ether oxygens (including phenoxy) is 1. The summed E-state index contributed by atoms with van der Waals surface area (Å²) in [6.07, 6.45) is -0.0132. The van der Waals surface area contributed by atoms with Crippen molar-refractivity contribution in [1.29, 1.82) is 0 Å². The summed E-state index contributed by atoms with van der Waals surface area (Å²) in [7, 11) is 0. The first-order chi connectivity index (χ1) is 10.0. The van der Waals surface area contributed by atoms with Crippen molar-refractivity contribution in [2.24, 2.45) is 0 Å². The van der Waals surface area contributed by atoms with Crippen LogP contribution in [-0.4, -0.2) is 10.0 Å². The number of para-hydroxylation sites is 1. The smallest absolute Gasteiger partial charge is 0.314 e. The summed E-state index contributed by atoms with van der Waals surface area (Å²) in [5.74, 6) is -0.969. The fourth-order valence-electron chi connectivity index (χ4n) is 1.85. The monoisotopic (exact) mass is 291 g/mol. The van der Waals surface area contributed by atoms with Crippen LogP contribution in [0.15, 0.2) is 42.5 Å². The molecule has 1 N–H and O–H groups in total. The first-order valence-corrected chi connectivity index (χ1v) is 6.41. The minimum absolute atomic E-state index is 0.259. The van der Waals surface area contributed by atoms with E-state index in [0.29, 0.717) is 12.0 Å². The molecule has 5 nitrogen and oxygen atoms in total. The molecule has 2 aromatic carbocycles. The van der Waals surface area contributed by atoms with Crippen LogP contribution in [0.4, 0.5) is 10.1 Å². The molecule has 2 aromatic rings. The Morgan fingerprint density at radius 1 is 1.29 bits per heavy atom. The van der Waals surface area contributed by atoms with Gasteiger partial charge in [0.25, 0.3) is 0 Å². The lowest BCUT2D eigenvalue weighted by atomic mass is 10.1. The van der Waals surface area contributed by atoms with E-state index in [2.05, 4.69) is 0 Å². The number of nitro groups is 1. The molecule has 110 valence electrons. The average molecular weight is 291 g/mol. The van der Waals surface area contributed by atoms with Gasteiger partial charge < -0.3 is 9.84 Å². The van der Waals surface area contributed by atoms with Gasteiger partial charge >= 0.3 is 5.69 Å². The number of halogens is 1. The van der Waals surface area contributed by atoms with E-state index in [9.17, 15) is 19.6 Å². The van der Waals surface area contributed by atoms with E-state index in [1.807, 2.05) is 6.92 Å². The Morgan fingerprint density at radius 2 is 1.95 bits per heavy atom. The zero-order chi connectivity index (χ0) is 15.4. The van der Waals surface area contributed by atoms with Crippen molar-refractivity contribution < 1.29 is 19.2 Å². The lowest BCUT2D eigenvalue weighted by molar-refractivity contribution is -0.385. The van der Waals surface area contributed by atoms with Crippen molar-refractivity contribution in [2.75, 3.05) is 0 Å². The molecular weight excluding hydrogens is 277 g/mol. The highest BCUT2D eigenvalue weighted by atomic mass is 19.1. The molecule has 0 aliphatic heterocycles. The fourth-order valence-corrected chi connectivity index (χ4v) is 1.85. The van der Waals surface area contributed by atoms with Crippen molar-refractivity contribution in [3.63, 3.8) is 0 Å². The Morgan fingerprint density at radius 3 is 2.52 bits per heavy atom. The Bertz CT molecular complexity index is 643. The summed E-state index contributed by atoms with van der Waals surface area (Å²) in [6, 6.07) is 9.85. The van der Waals surface area contributed by atoms with Crippen LogP contribution in [0.5, 0.6) is 11.5 Å². The molecule has 0 radical (unpaired) electrons. The van der Waals surface area contributed by atoms with Crippen molar-refractivity contribution in [3.05, 3.63) is 64.0 Å². The summed E-state index contributed by atoms with van der Waals surface area (Å²) in [4.78, 5) is 10.2. The number of nitro benzene ring substituents is 1. The predicted molar refractivity (Wildman–Crippen MR) is 74.8 cm³/mol. The topological polar surface area (TPSA) is 72.6 Å². The molecule has 1 unspecified atom stereocenters. The van der Waals surface area contributed by atoms with E-state index in [4.69, 9.17) is 4.74 Å². The molecule has 0 spiro atoms. The fraction of sp³-hybridized carbons (Fsp3) is 0.200. The lowest BCUT2D eigenvalue weighted by Crippen LogP contribution is -1.97. The third kappa shape index (κ3) is 3.35. The Balaban J connectivity index is 2.28. The van der Waals surface area contributed by atoms with Gasteiger partial charge in [0.2, 0.25) is 5.75 Å². The highest BCUT2D eigenvalue weighted by Crippen LogP contribution is 2.34. The van der Waals surface area contributed by atoms with E-state index >= 15 is 0 Å². The molecule has 0 saturated heterocycles. The second-order valence-corrected chi connectivity index (χ2v) is 4.44. The summed E-state index contributed by atoms with van der Waals surface area (Å²) < 4.78 is 19.0. The van der Waals surface area contributed by atoms with Crippen molar-refractivity contribution >= 4 is 5.69 Å². The molecule has 0 heterocycles. The molecule has 2 rings (SSSR count). The second-order valence-electron chi connectivity index (χ2n) is 4.44. The molecule has 0 fully saturated rings. The first kappa shape index (κ1) is 14.9. The number of aliphatic hydroxyl groups excluding tert-OH is 1. The average Bonchev–Trinajstić information content (AvgIpc) is 2.49. The lowest BCUT2D eigenvalue weighted by Gasteiger charge is -2.10. The van der Waals surface area contributed by atoms with Gasteiger partial charge in [0.05, 0.1) is 11.0 Å². The molecule has 0 saturated carbocycles. The summed E-state index contributed by atoms with van der Waals surface area (Å²) >= 11 is 0. The van der Waals surface area contributed by atoms with Gasteiger partial charge in [0.15, 0.2) is 5.82 Å². The number of nitrogens with zero attached hydrogens (tertiary/aromatic N) is 1. The number of aliphatic hydroxyl groups is 1. The molecule has 0 amide bonds. The van der Waals surface area contributed by atoms with Crippen LogP contribution in [0, 0.1) is 15.9 Å². The number of hydrogen-bond donors (Lipinski definition) is 1. The molecule has 0 aliphatic rings. The van der Waals surface area contributed by atoms with Crippen LogP contribution < -0.4 is 4.74 Å². The third-order valence-corrected chi connectivity index (χ3v) is 3.01. The quantitative estimate of drug-likeness (QED) is 0.668. The van der Waals surface area contributed by atoms with Gasteiger partial charge in [-0.1, -0.05) is 25.1 Å². The largest absolute Gasteiger partial charge is 0.447 e. The maximum atomic E-state index is 13.7. The third-order valence-electron chi connectivity index (χ3n) is 3.01. The summed E-state index contributed by atoms with van der Waals surface area (Å²) in [5, 5.41) is 20.6. The van der Waals surface area contributed by atoms with E-state index in [1.165, 1.54) is 24.3 Å². The van der Waals surface area contributed by atoms with E-state index in [0.717, 1.165) is 6.07 Å². The SMILES string of the molecule is CCC(O)c1ccc(Oc2c(F)cccc2[N+](=O)[O-])cc1. The Hall–Kier alpha value is -2.47. The van der Waals surface area contributed by atoms with Crippen LogP contribution in [-0.2, 0) is 0 Å². The van der Waals surface area contributed by atoms with Gasteiger partial charge in [-0.15, -0.1) is 0 Å². The van der Waals surface area contributed by atoms with Crippen LogP contribution >= 0.6 is 0 Å². The molecule has 0 aliphatic carbocycles. The molecular formula is C15H14FNO4. The molecule has 21 heavy (non-hydrogen) atoms. The minimum atomic E-state index is -0.804. The molecule has 1 atom stereocenters. The van der Waals surface area contributed by atoms with Crippen molar-refractivity contribution in [2.45, 2.75) is 19.4 Å². The van der Waals surface area contributed by atoms with Gasteiger partial charge in [-0.3, -0.25) is 10.1 Å². The van der Waals surface area contributed by atoms with Crippen molar-refractivity contribution in [1.82, 2.24) is 0 Å². The number of benzene rings is 2. The zero-order valence-corrected chi connectivity index (χ0v) is 11.3. The van der Waals surface area contributed by atoms with Crippen molar-refractivity contribution in [3.8, 4) is 11.5 Å². The van der Waals surface area contributed by atoms with Crippen LogP contribution in [0.25, 0.3) is 0 Å². The van der Waals surface area contributed by atoms with Gasteiger partial charge in [0.1, 0.15) is 5.75 Å². The Kier molecular flexibility index (Phi) is 4.49. The van der Waals surface area contributed by atoms with Gasteiger partial charge in [0, 0.05) is 6.07 Å². The second kappa shape index (κ2) is 6.32. The van der Waals surface area contributed by atoms with Gasteiger partial charge in [-0.05, 0) is 30.2 Å². The highest BCUT2D eigenvalue weighted by molar-refractivity contribution is 5.49. The Labute approximate surface area is 120 Å². The summed E-state index contributed by atoms with van der Waals surface area (Å²) in [5.41, 5.74) is 0.264. The van der Waals surface area contributed by atoms with E-state index in [-0.39, 0.29) is 5.75 Å². The zero-order valence-electron chi connectivity index (χ0n) is 11.3. The number of hydrogen-bond acceptors (Lipinski definition) is 4. The maximum Gasteiger partial charge on any atom is 0.314 e. The van der Waals surface area contributed by atoms with Crippen LogP contribution in [0.2, 0.25) is 0 Å². The van der Waals surface area contributed by atoms with Gasteiger partial charge in [-0.25, -0.2) is 4.39 Å². The standard InChI is InChI=1S/C15H14FNO4/c1-2-14(18)10-6-8-11(9-7-10)21-15-12(16)4-3-5-13(15)17(19)20/h3-9,14,18H,2H2,1H3. The minimum Gasteiger partial charge on any atom is -0.447 e. The van der Waals surface area contributed by atoms with E-state index in [1.54, 1.807) is 12.1 Å². The molecule has 0 bridgehead atoms. The number of rotatable bonds is 5.